The normalized spacial score (nSPS) is 18.6. The number of aromatic nitrogens is 4. The average molecular weight is 451 g/mol. The van der Waals surface area contributed by atoms with Gasteiger partial charge in [0.25, 0.3) is 0 Å². The van der Waals surface area contributed by atoms with E-state index >= 15 is 0 Å². The van der Waals surface area contributed by atoms with E-state index in [-0.39, 0.29) is 11.4 Å². The van der Waals surface area contributed by atoms with E-state index in [4.69, 9.17) is 26.1 Å². The zero-order valence-corrected chi connectivity index (χ0v) is 19.5. The van der Waals surface area contributed by atoms with Gasteiger partial charge in [0, 0.05) is 39.6 Å². The van der Waals surface area contributed by atoms with Gasteiger partial charge in [0.05, 0.1) is 13.2 Å². The number of halogens is 1. The number of nitrogens with zero attached hydrogens (tertiary/aromatic N) is 6. The van der Waals surface area contributed by atoms with Gasteiger partial charge in [-0.3, -0.25) is 0 Å². The summed E-state index contributed by atoms with van der Waals surface area (Å²) < 4.78 is 13.0. The lowest BCUT2D eigenvalue weighted by atomic mass is 9.93. The van der Waals surface area contributed by atoms with Crippen LogP contribution in [-0.4, -0.2) is 75.5 Å². The van der Waals surface area contributed by atoms with Gasteiger partial charge in [0.1, 0.15) is 11.4 Å². The number of likely N-dealkylation sites (tertiary alicyclic amines) is 1. The van der Waals surface area contributed by atoms with Gasteiger partial charge in [0.2, 0.25) is 5.28 Å². The van der Waals surface area contributed by atoms with E-state index in [1.54, 1.807) is 4.90 Å². The Kier molecular flexibility index (Phi) is 6.25. The van der Waals surface area contributed by atoms with Crippen LogP contribution in [0.3, 0.4) is 0 Å². The van der Waals surface area contributed by atoms with Gasteiger partial charge in [-0.15, -0.1) is 0 Å². The standard InChI is InChI=1S/C21H31ClN6O3/c1-21(2,3)31-20(29)28-7-5-14(6-8-28)13-15-23-16-17(26(15)4)24-19(22)25-18(16)27-9-11-30-12-10-27/h14H,5-13H2,1-4H3. The number of fused-ring (bicyclic) bond motifs is 1. The quantitative estimate of drug-likeness (QED) is 0.664. The number of morpholine rings is 1. The second-order valence-electron chi connectivity index (χ2n) is 9.29. The van der Waals surface area contributed by atoms with Crippen LogP contribution in [0, 0.1) is 5.92 Å². The maximum atomic E-state index is 12.3. The molecule has 2 saturated heterocycles. The summed E-state index contributed by atoms with van der Waals surface area (Å²) in [7, 11) is 1.98. The molecule has 170 valence electrons. The molecule has 0 saturated carbocycles. The van der Waals surface area contributed by atoms with Crippen LogP contribution in [0.25, 0.3) is 11.2 Å². The minimum Gasteiger partial charge on any atom is -0.444 e. The Balaban J connectivity index is 1.47. The molecular formula is C21H31ClN6O3. The molecule has 0 unspecified atom stereocenters. The van der Waals surface area contributed by atoms with Crippen molar-refractivity contribution < 1.29 is 14.3 Å². The molecule has 0 aromatic carbocycles. The summed E-state index contributed by atoms with van der Waals surface area (Å²) in [6, 6.07) is 0. The van der Waals surface area contributed by atoms with E-state index in [1.165, 1.54) is 0 Å². The van der Waals surface area contributed by atoms with Crippen LogP contribution in [0.1, 0.15) is 39.4 Å². The Morgan fingerprint density at radius 2 is 1.81 bits per heavy atom. The van der Waals surface area contributed by atoms with Gasteiger partial charge in [-0.25, -0.2) is 9.78 Å². The molecule has 0 radical (unpaired) electrons. The molecule has 2 fully saturated rings. The fourth-order valence-electron chi connectivity index (χ4n) is 4.15. The predicted octanol–water partition coefficient (Wildman–Crippen LogP) is 3.04. The summed E-state index contributed by atoms with van der Waals surface area (Å²) in [5.74, 6) is 2.20. The predicted molar refractivity (Wildman–Crippen MR) is 119 cm³/mol. The SMILES string of the molecule is Cn1c(CC2CCN(C(=O)OC(C)(C)C)CC2)nc2c(N3CCOCC3)nc(Cl)nc21. The Morgan fingerprint density at radius 3 is 2.45 bits per heavy atom. The molecule has 9 nitrogen and oxygen atoms in total. The number of carbonyl (C=O) groups is 1. The number of aryl methyl sites for hydroxylation is 1. The third-order valence-electron chi connectivity index (χ3n) is 5.81. The third kappa shape index (κ3) is 5.03. The van der Waals surface area contributed by atoms with E-state index < -0.39 is 5.60 Å². The summed E-state index contributed by atoms with van der Waals surface area (Å²) in [6.07, 6.45) is 2.44. The molecule has 2 aliphatic rings. The lowest BCUT2D eigenvalue weighted by Crippen LogP contribution is -2.42. The van der Waals surface area contributed by atoms with Crippen LogP contribution in [-0.2, 0) is 22.9 Å². The lowest BCUT2D eigenvalue weighted by Gasteiger charge is -2.33. The molecule has 2 aliphatic heterocycles. The van der Waals surface area contributed by atoms with E-state index in [9.17, 15) is 4.79 Å². The summed E-state index contributed by atoms with van der Waals surface area (Å²) in [4.78, 5) is 30.1. The van der Waals surface area contributed by atoms with Gasteiger partial charge in [-0.2, -0.15) is 9.97 Å². The smallest absolute Gasteiger partial charge is 0.410 e. The number of amides is 1. The topological polar surface area (TPSA) is 85.6 Å². The molecule has 4 heterocycles. The number of anilines is 1. The first-order valence-corrected chi connectivity index (χ1v) is 11.3. The van der Waals surface area contributed by atoms with Crippen molar-refractivity contribution in [2.75, 3.05) is 44.3 Å². The first kappa shape index (κ1) is 22.1. The number of imidazole rings is 1. The van der Waals surface area contributed by atoms with Crippen molar-refractivity contribution in [3.63, 3.8) is 0 Å². The highest BCUT2D eigenvalue weighted by Gasteiger charge is 2.28. The highest BCUT2D eigenvalue weighted by molar-refractivity contribution is 6.28. The second-order valence-corrected chi connectivity index (χ2v) is 9.63. The van der Waals surface area contributed by atoms with Gasteiger partial charge >= 0.3 is 6.09 Å². The summed E-state index contributed by atoms with van der Waals surface area (Å²) in [5.41, 5.74) is 1.07. The molecule has 1 amide bonds. The molecule has 0 spiro atoms. The Labute approximate surface area is 187 Å². The number of ether oxygens (including phenoxy) is 2. The lowest BCUT2D eigenvalue weighted by molar-refractivity contribution is 0.0183. The van der Waals surface area contributed by atoms with Crippen LogP contribution in [0.5, 0.6) is 0 Å². The molecule has 0 aliphatic carbocycles. The van der Waals surface area contributed by atoms with Gasteiger partial charge in [0.15, 0.2) is 17.0 Å². The molecule has 0 bridgehead atoms. The fourth-order valence-corrected chi connectivity index (χ4v) is 4.31. The highest BCUT2D eigenvalue weighted by Crippen LogP contribution is 2.29. The van der Waals surface area contributed by atoms with Gasteiger partial charge < -0.3 is 23.8 Å². The summed E-state index contributed by atoms with van der Waals surface area (Å²) in [6.45, 7) is 9.94. The largest absolute Gasteiger partial charge is 0.444 e. The Morgan fingerprint density at radius 1 is 1.13 bits per heavy atom. The molecule has 0 atom stereocenters. The highest BCUT2D eigenvalue weighted by atomic mass is 35.5. The van der Waals surface area contributed by atoms with Crippen LogP contribution >= 0.6 is 11.6 Å². The van der Waals surface area contributed by atoms with Crippen LogP contribution < -0.4 is 4.90 Å². The van der Waals surface area contributed by atoms with Crippen molar-refractivity contribution in [3.05, 3.63) is 11.1 Å². The molecule has 2 aromatic heterocycles. The van der Waals surface area contributed by atoms with Crippen molar-refractivity contribution in [3.8, 4) is 0 Å². The van der Waals surface area contributed by atoms with Crippen LogP contribution in [0.4, 0.5) is 10.6 Å². The summed E-state index contributed by atoms with van der Waals surface area (Å²) >= 11 is 6.24. The van der Waals surface area contributed by atoms with Crippen molar-refractivity contribution in [2.45, 2.75) is 45.6 Å². The van der Waals surface area contributed by atoms with Crippen molar-refractivity contribution >= 4 is 34.7 Å². The Hall–Kier alpha value is -2.13. The number of piperidine rings is 1. The van der Waals surface area contributed by atoms with Crippen LogP contribution in [0.15, 0.2) is 0 Å². The molecule has 31 heavy (non-hydrogen) atoms. The van der Waals surface area contributed by atoms with Crippen molar-refractivity contribution in [1.82, 2.24) is 24.4 Å². The van der Waals surface area contributed by atoms with Gasteiger partial charge in [-0.05, 0) is 51.1 Å². The minimum absolute atomic E-state index is 0.228. The van der Waals surface area contributed by atoms with Crippen molar-refractivity contribution in [1.29, 1.82) is 0 Å². The van der Waals surface area contributed by atoms with Crippen LogP contribution in [0.2, 0.25) is 5.28 Å². The first-order valence-electron chi connectivity index (χ1n) is 10.9. The van der Waals surface area contributed by atoms with Gasteiger partial charge in [-0.1, -0.05) is 0 Å². The fraction of sp³-hybridized carbons (Fsp3) is 0.714. The van der Waals surface area contributed by atoms with Crippen molar-refractivity contribution in [2.24, 2.45) is 13.0 Å². The molecule has 0 N–H and O–H groups in total. The maximum absolute atomic E-state index is 12.3. The number of rotatable bonds is 3. The molecule has 10 heteroatoms. The molecular weight excluding hydrogens is 420 g/mol. The summed E-state index contributed by atoms with van der Waals surface area (Å²) in [5, 5.41) is 0.231. The number of hydrogen-bond acceptors (Lipinski definition) is 7. The zero-order valence-electron chi connectivity index (χ0n) is 18.7. The third-order valence-corrected chi connectivity index (χ3v) is 5.98. The molecule has 4 rings (SSSR count). The first-order chi connectivity index (χ1) is 14.7. The second kappa shape index (κ2) is 8.78. The maximum Gasteiger partial charge on any atom is 0.410 e. The number of hydrogen-bond donors (Lipinski definition) is 0. The van der Waals surface area contributed by atoms with E-state index in [1.807, 2.05) is 32.4 Å². The van der Waals surface area contributed by atoms with E-state index in [0.29, 0.717) is 32.2 Å². The number of carbonyl (C=O) groups excluding carboxylic acids is 1. The zero-order chi connectivity index (χ0) is 22.2. The van der Waals surface area contributed by atoms with E-state index in [2.05, 4.69) is 14.9 Å². The minimum atomic E-state index is -0.471. The monoisotopic (exact) mass is 450 g/mol. The average Bonchev–Trinajstić information content (AvgIpc) is 3.03. The van der Waals surface area contributed by atoms with E-state index in [0.717, 1.165) is 55.2 Å². The molecule has 2 aromatic rings. The Bertz CT molecular complexity index is 943.